The first-order valence-electron chi connectivity index (χ1n) is 8.88. The van der Waals surface area contributed by atoms with Crippen molar-refractivity contribution in [2.45, 2.75) is 19.5 Å². The van der Waals surface area contributed by atoms with E-state index in [1.807, 2.05) is 36.5 Å². The van der Waals surface area contributed by atoms with E-state index in [-0.39, 0.29) is 5.43 Å². The first-order chi connectivity index (χ1) is 13.3. The molecule has 4 heterocycles. The highest BCUT2D eigenvalue weighted by molar-refractivity contribution is 5.76. The van der Waals surface area contributed by atoms with Crippen molar-refractivity contribution >= 4 is 11.0 Å². The molecule has 0 spiro atoms. The van der Waals surface area contributed by atoms with Gasteiger partial charge in [-0.1, -0.05) is 12.1 Å². The molecule has 0 radical (unpaired) electrons. The minimum Gasteiger partial charge on any atom is -0.464 e. The molecule has 6 heteroatoms. The van der Waals surface area contributed by atoms with Crippen molar-refractivity contribution < 1.29 is 8.83 Å². The summed E-state index contributed by atoms with van der Waals surface area (Å²) < 4.78 is 11.0. The molecule has 0 amide bonds. The van der Waals surface area contributed by atoms with Gasteiger partial charge in [-0.05, 0) is 24.3 Å². The van der Waals surface area contributed by atoms with Crippen LogP contribution in [-0.4, -0.2) is 21.4 Å². The minimum absolute atomic E-state index is 0.0343. The number of aromatic nitrogens is 2. The standard InChI is InChI=1S/C21H17N3O3/c25-20-15(13-27-18-5-2-1-4-16(18)20)12-24-8-7-17-14(11-24)10-22-21(23-17)19-6-3-9-26-19/h1-6,9-10,13H,7-8,11-12H2. The number of hydrogen-bond acceptors (Lipinski definition) is 6. The number of rotatable bonds is 3. The summed E-state index contributed by atoms with van der Waals surface area (Å²) in [6.45, 7) is 2.08. The van der Waals surface area contributed by atoms with Crippen LogP contribution in [0.5, 0.6) is 0 Å². The number of hydrogen-bond donors (Lipinski definition) is 0. The quantitative estimate of drug-likeness (QED) is 0.558. The van der Waals surface area contributed by atoms with E-state index in [4.69, 9.17) is 8.83 Å². The highest BCUT2D eigenvalue weighted by atomic mass is 16.3. The molecule has 0 bridgehead atoms. The van der Waals surface area contributed by atoms with Crippen LogP contribution in [-0.2, 0) is 19.5 Å². The predicted octanol–water partition coefficient (Wildman–Crippen LogP) is 3.40. The van der Waals surface area contributed by atoms with Gasteiger partial charge in [0.1, 0.15) is 5.58 Å². The third-order valence-corrected chi connectivity index (χ3v) is 4.90. The summed E-state index contributed by atoms with van der Waals surface area (Å²) in [7, 11) is 0. The molecular formula is C21H17N3O3. The van der Waals surface area contributed by atoms with E-state index >= 15 is 0 Å². The number of para-hydroxylation sites is 1. The summed E-state index contributed by atoms with van der Waals surface area (Å²) in [5.74, 6) is 1.29. The van der Waals surface area contributed by atoms with Crippen LogP contribution in [0.3, 0.4) is 0 Å². The lowest BCUT2D eigenvalue weighted by molar-refractivity contribution is 0.240. The molecule has 0 saturated carbocycles. The average Bonchev–Trinajstić information content (AvgIpc) is 3.25. The van der Waals surface area contributed by atoms with Crippen molar-refractivity contribution in [1.29, 1.82) is 0 Å². The molecule has 0 unspecified atom stereocenters. The molecule has 1 aliphatic heterocycles. The van der Waals surface area contributed by atoms with E-state index < -0.39 is 0 Å². The van der Waals surface area contributed by atoms with Gasteiger partial charge in [0, 0.05) is 43.4 Å². The number of benzene rings is 1. The summed E-state index contributed by atoms with van der Waals surface area (Å²) in [4.78, 5) is 24.0. The predicted molar refractivity (Wildman–Crippen MR) is 100 cm³/mol. The van der Waals surface area contributed by atoms with E-state index in [1.54, 1.807) is 18.6 Å². The van der Waals surface area contributed by atoms with Gasteiger partial charge in [-0.2, -0.15) is 0 Å². The van der Waals surface area contributed by atoms with Gasteiger partial charge in [0.2, 0.25) is 0 Å². The molecule has 0 saturated heterocycles. The smallest absolute Gasteiger partial charge is 0.197 e. The molecule has 1 aromatic carbocycles. The molecule has 3 aromatic heterocycles. The Morgan fingerprint density at radius 2 is 2.04 bits per heavy atom. The second-order valence-corrected chi connectivity index (χ2v) is 6.69. The average molecular weight is 359 g/mol. The molecule has 4 aromatic rings. The lowest BCUT2D eigenvalue weighted by atomic mass is 10.1. The van der Waals surface area contributed by atoms with Crippen molar-refractivity contribution in [2.75, 3.05) is 6.54 Å². The Balaban J connectivity index is 1.39. The van der Waals surface area contributed by atoms with Crippen LogP contribution in [0.25, 0.3) is 22.6 Å². The zero-order valence-corrected chi connectivity index (χ0v) is 14.6. The van der Waals surface area contributed by atoms with E-state index in [0.29, 0.717) is 41.2 Å². The summed E-state index contributed by atoms with van der Waals surface area (Å²) in [5, 5.41) is 0.624. The van der Waals surface area contributed by atoms with Crippen LogP contribution in [0.2, 0.25) is 0 Å². The monoisotopic (exact) mass is 359 g/mol. The van der Waals surface area contributed by atoms with Gasteiger partial charge >= 0.3 is 0 Å². The first kappa shape index (κ1) is 16.0. The van der Waals surface area contributed by atoms with Crippen LogP contribution >= 0.6 is 0 Å². The van der Waals surface area contributed by atoms with Crippen LogP contribution in [0, 0.1) is 0 Å². The second kappa shape index (κ2) is 6.48. The number of furan rings is 1. The fourth-order valence-electron chi connectivity index (χ4n) is 3.50. The summed E-state index contributed by atoms with van der Waals surface area (Å²) in [6.07, 6.45) is 5.87. The third-order valence-electron chi connectivity index (χ3n) is 4.90. The maximum Gasteiger partial charge on any atom is 0.197 e. The molecule has 0 N–H and O–H groups in total. The molecule has 6 nitrogen and oxygen atoms in total. The third kappa shape index (κ3) is 2.94. The summed E-state index contributed by atoms with van der Waals surface area (Å²) >= 11 is 0. The summed E-state index contributed by atoms with van der Waals surface area (Å²) in [6, 6.07) is 11.0. The Kier molecular flexibility index (Phi) is 3.83. The van der Waals surface area contributed by atoms with Crippen molar-refractivity contribution in [1.82, 2.24) is 14.9 Å². The first-order valence-corrected chi connectivity index (χ1v) is 8.88. The Hall–Kier alpha value is -3.25. The molecule has 134 valence electrons. The van der Waals surface area contributed by atoms with Gasteiger partial charge in [0.15, 0.2) is 17.0 Å². The van der Waals surface area contributed by atoms with E-state index in [2.05, 4.69) is 14.9 Å². The van der Waals surface area contributed by atoms with Crippen LogP contribution in [0.15, 0.2) is 68.8 Å². The van der Waals surface area contributed by atoms with Crippen molar-refractivity contribution in [3.63, 3.8) is 0 Å². The van der Waals surface area contributed by atoms with Gasteiger partial charge < -0.3 is 8.83 Å². The van der Waals surface area contributed by atoms with Crippen molar-refractivity contribution in [2.24, 2.45) is 0 Å². The fourth-order valence-corrected chi connectivity index (χ4v) is 3.50. The van der Waals surface area contributed by atoms with Crippen molar-refractivity contribution in [3.05, 3.63) is 82.2 Å². The van der Waals surface area contributed by atoms with E-state index in [0.717, 1.165) is 24.2 Å². The Morgan fingerprint density at radius 1 is 1.11 bits per heavy atom. The minimum atomic E-state index is 0.0343. The maximum absolute atomic E-state index is 12.7. The lowest BCUT2D eigenvalue weighted by Crippen LogP contribution is -2.32. The molecule has 5 rings (SSSR count). The maximum atomic E-state index is 12.7. The van der Waals surface area contributed by atoms with Gasteiger partial charge in [-0.15, -0.1) is 0 Å². The Labute approximate surface area is 155 Å². The van der Waals surface area contributed by atoms with Gasteiger partial charge in [0.05, 0.1) is 23.6 Å². The molecule has 1 aliphatic rings. The van der Waals surface area contributed by atoms with E-state index in [1.165, 1.54) is 0 Å². The van der Waals surface area contributed by atoms with Gasteiger partial charge in [-0.3, -0.25) is 9.69 Å². The Bertz CT molecular complexity index is 1160. The second-order valence-electron chi connectivity index (χ2n) is 6.69. The molecular weight excluding hydrogens is 342 g/mol. The molecule has 0 fully saturated rings. The Morgan fingerprint density at radius 3 is 2.93 bits per heavy atom. The normalized spacial score (nSPS) is 14.4. The van der Waals surface area contributed by atoms with Crippen LogP contribution in [0.4, 0.5) is 0 Å². The number of fused-ring (bicyclic) bond motifs is 2. The fraction of sp³-hybridized carbons (Fsp3) is 0.190. The van der Waals surface area contributed by atoms with Crippen LogP contribution < -0.4 is 5.43 Å². The SMILES string of the molecule is O=c1c(CN2CCc3nc(-c4ccco4)ncc3C2)coc2ccccc12. The molecule has 0 aliphatic carbocycles. The lowest BCUT2D eigenvalue weighted by Gasteiger charge is -2.27. The zero-order chi connectivity index (χ0) is 18.2. The van der Waals surface area contributed by atoms with Crippen molar-refractivity contribution in [3.8, 4) is 11.6 Å². The topological polar surface area (TPSA) is 72.4 Å². The number of nitrogens with zero attached hydrogens (tertiary/aromatic N) is 3. The summed E-state index contributed by atoms with van der Waals surface area (Å²) in [5.41, 5.74) is 3.45. The molecule has 27 heavy (non-hydrogen) atoms. The molecule has 0 atom stereocenters. The highest BCUT2D eigenvalue weighted by Gasteiger charge is 2.20. The van der Waals surface area contributed by atoms with Gasteiger partial charge in [-0.25, -0.2) is 9.97 Å². The highest BCUT2D eigenvalue weighted by Crippen LogP contribution is 2.22. The van der Waals surface area contributed by atoms with Gasteiger partial charge in [0.25, 0.3) is 0 Å². The van der Waals surface area contributed by atoms with E-state index in [9.17, 15) is 4.79 Å². The largest absolute Gasteiger partial charge is 0.464 e. The zero-order valence-electron chi connectivity index (χ0n) is 14.6. The van der Waals surface area contributed by atoms with Crippen LogP contribution in [0.1, 0.15) is 16.8 Å².